The summed E-state index contributed by atoms with van der Waals surface area (Å²) in [6, 6.07) is -1.53. The van der Waals surface area contributed by atoms with Crippen LogP contribution in [0, 0.1) is 0 Å². The van der Waals surface area contributed by atoms with Crippen molar-refractivity contribution in [2.24, 2.45) is 0 Å². The number of carbonyl (C=O) groups excluding carboxylic acids is 2. The fourth-order valence-corrected chi connectivity index (χ4v) is 2.38. The zero-order valence-corrected chi connectivity index (χ0v) is 11.2. The molecule has 1 atom stereocenters. The summed E-state index contributed by atoms with van der Waals surface area (Å²) < 4.78 is 5.05. The number of hydrogen-bond donors (Lipinski definition) is 2. The van der Waals surface area contributed by atoms with Crippen LogP contribution in [0.2, 0.25) is 0 Å². The van der Waals surface area contributed by atoms with Crippen molar-refractivity contribution in [1.82, 2.24) is 15.1 Å². The highest BCUT2D eigenvalue weighted by molar-refractivity contribution is 5.87. The van der Waals surface area contributed by atoms with Crippen LogP contribution in [0.1, 0.15) is 12.8 Å². The molecule has 2 saturated heterocycles. The molecule has 8 nitrogen and oxygen atoms in total. The fraction of sp³-hybridized carbons (Fsp3) is 0.750. The van der Waals surface area contributed by atoms with E-state index < -0.39 is 18.0 Å². The van der Waals surface area contributed by atoms with Gasteiger partial charge < -0.3 is 25.0 Å². The van der Waals surface area contributed by atoms with Crippen LogP contribution in [0.25, 0.3) is 0 Å². The van der Waals surface area contributed by atoms with Crippen LogP contribution < -0.4 is 5.32 Å². The average Bonchev–Trinajstić information content (AvgIpc) is 2.98. The van der Waals surface area contributed by atoms with Crippen LogP contribution in [-0.4, -0.2) is 78.2 Å². The van der Waals surface area contributed by atoms with Crippen LogP contribution in [0.15, 0.2) is 0 Å². The van der Waals surface area contributed by atoms with Gasteiger partial charge >= 0.3 is 12.0 Å². The molecule has 8 heteroatoms. The molecule has 0 aromatic carbocycles. The molecule has 0 aromatic rings. The van der Waals surface area contributed by atoms with Gasteiger partial charge in [0.15, 0.2) is 6.04 Å². The summed E-state index contributed by atoms with van der Waals surface area (Å²) in [5, 5.41) is 11.5. The number of urea groups is 1. The molecule has 20 heavy (non-hydrogen) atoms. The lowest BCUT2D eigenvalue weighted by Gasteiger charge is -2.32. The van der Waals surface area contributed by atoms with Gasteiger partial charge in [-0.05, 0) is 12.8 Å². The van der Waals surface area contributed by atoms with E-state index in [0.29, 0.717) is 6.61 Å². The molecule has 0 bridgehead atoms. The minimum absolute atomic E-state index is 0.0250. The van der Waals surface area contributed by atoms with Gasteiger partial charge in [0.05, 0.1) is 19.8 Å². The number of rotatable bonds is 3. The van der Waals surface area contributed by atoms with E-state index in [1.165, 1.54) is 4.90 Å². The van der Waals surface area contributed by atoms with Crippen molar-refractivity contribution in [2.45, 2.75) is 18.9 Å². The van der Waals surface area contributed by atoms with E-state index in [4.69, 9.17) is 9.84 Å². The molecular weight excluding hydrogens is 266 g/mol. The summed E-state index contributed by atoms with van der Waals surface area (Å²) in [5.74, 6) is -1.23. The van der Waals surface area contributed by atoms with Crippen LogP contribution >= 0.6 is 0 Å². The van der Waals surface area contributed by atoms with Gasteiger partial charge in [-0.2, -0.15) is 0 Å². The first kappa shape index (κ1) is 14.6. The Morgan fingerprint density at radius 1 is 1.20 bits per heavy atom. The Balaban J connectivity index is 1.83. The first-order valence-corrected chi connectivity index (χ1v) is 6.72. The van der Waals surface area contributed by atoms with Crippen molar-refractivity contribution in [1.29, 1.82) is 0 Å². The molecule has 2 aliphatic heterocycles. The summed E-state index contributed by atoms with van der Waals surface area (Å²) in [7, 11) is 0. The largest absolute Gasteiger partial charge is 0.480 e. The summed E-state index contributed by atoms with van der Waals surface area (Å²) in [6.45, 7) is 1.84. The number of nitrogens with zero attached hydrogens (tertiary/aromatic N) is 2. The summed E-state index contributed by atoms with van der Waals surface area (Å²) >= 11 is 0. The Morgan fingerprint density at radius 3 is 2.55 bits per heavy atom. The highest BCUT2D eigenvalue weighted by Crippen LogP contribution is 2.09. The highest BCUT2D eigenvalue weighted by Gasteiger charge is 2.33. The molecule has 0 saturated carbocycles. The SMILES string of the molecule is O=C(O)C1COCCN1C(=O)NCC(=O)N1CCCC1. The average molecular weight is 285 g/mol. The van der Waals surface area contributed by atoms with E-state index in [0.717, 1.165) is 25.9 Å². The normalized spacial score (nSPS) is 22.7. The molecule has 2 rings (SSSR count). The lowest BCUT2D eigenvalue weighted by Crippen LogP contribution is -2.56. The number of hydrogen-bond acceptors (Lipinski definition) is 4. The van der Waals surface area contributed by atoms with Crippen molar-refractivity contribution in [3.8, 4) is 0 Å². The quantitative estimate of drug-likeness (QED) is 0.700. The number of carboxylic acid groups (broad SMARTS) is 1. The summed E-state index contributed by atoms with van der Waals surface area (Å²) in [6.07, 6.45) is 1.98. The maximum Gasteiger partial charge on any atom is 0.328 e. The molecule has 0 aliphatic carbocycles. The van der Waals surface area contributed by atoms with Gasteiger partial charge in [-0.15, -0.1) is 0 Å². The number of carbonyl (C=O) groups is 3. The van der Waals surface area contributed by atoms with E-state index in [1.54, 1.807) is 4.90 Å². The summed E-state index contributed by atoms with van der Waals surface area (Å²) in [5.41, 5.74) is 0. The molecule has 2 heterocycles. The molecular formula is C12H19N3O5. The fourth-order valence-electron chi connectivity index (χ4n) is 2.38. The van der Waals surface area contributed by atoms with Gasteiger partial charge in [0, 0.05) is 19.6 Å². The monoisotopic (exact) mass is 285 g/mol. The maximum absolute atomic E-state index is 12.0. The predicted octanol–water partition coefficient (Wildman–Crippen LogP) is -0.896. The first-order chi connectivity index (χ1) is 9.59. The lowest BCUT2D eigenvalue weighted by molar-refractivity contribution is -0.147. The maximum atomic E-state index is 12.0. The second-order valence-electron chi connectivity index (χ2n) is 4.87. The minimum atomic E-state index is -1.11. The van der Waals surface area contributed by atoms with Gasteiger partial charge in [0.2, 0.25) is 5.91 Å². The lowest BCUT2D eigenvalue weighted by atomic mass is 10.2. The van der Waals surface area contributed by atoms with Gasteiger partial charge in [-0.1, -0.05) is 0 Å². The molecule has 0 aromatic heterocycles. The molecule has 0 spiro atoms. The molecule has 112 valence electrons. The van der Waals surface area contributed by atoms with Crippen LogP contribution in [0.3, 0.4) is 0 Å². The van der Waals surface area contributed by atoms with E-state index in [2.05, 4.69) is 5.32 Å². The Hall–Kier alpha value is -1.83. The van der Waals surface area contributed by atoms with E-state index in [9.17, 15) is 14.4 Å². The molecule has 1 unspecified atom stereocenters. The second kappa shape index (κ2) is 6.56. The van der Waals surface area contributed by atoms with Gasteiger partial charge in [-0.3, -0.25) is 4.79 Å². The third-order valence-electron chi connectivity index (χ3n) is 3.52. The highest BCUT2D eigenvalue weighted by atomic mass is 16.5. The van der Waals surface area contributed by atoms with Crippen LogP contribution in [0.5, 0.6) is 0 Å². The first-order valence-electron chi connectivity index (χ1n) is 6.72. The van der Waals surface area contributed by atoms with Gasteiger partial charge in [-0.25, -0.2) is 9.59 Å². The number of nitrogens with one attached hydrogen (secondary N) is 1. The Kier molecular flexibility index (Phi) is 4.78. The smallest absolute Gasteiger partial charge is 0.328 e. The number of morpholine rings is 1. The number of amides is 3. The molecule has 3 amide bonds. The van der Waals surface area contributed by atoms with Crippen LogP contribution in [0.4, 0.5) is 4.79 Å². The van der Waals surface area contributed by atoms with Gasteiger partial charge in [0.1, 0.15) is 0 Å². The summed E-state index contributed by atoms with van der Waals surface area (Å²) in [4.78, 5) is 37.7. The minimum Gasteiger partial charge on any atom is -0.480 e. The van der Waals surface area contributed by atoms with E-state index in [-0.39, 0.29) is 25.6 Å². The zero-order valence-electron chi connectivity index (χ0n) is 11.2. The molecule has 2 fully saturated rings. The Morgan fingerprint density at radius 2 is 1.90 bits per heavy atom. The van der Waals surface area contributed by atoms with E-state index in [1.807, 2.05) is 0 Å². The van der Waals surface area contributed by atoms with Crippen LogP contribution in [-0.2, 0) is 14.3 Å². The van der Waals surface area contributed by atoms with Crippen molar-refractivity contribution < 1.29 is 24.2 Å². The van der Waals surface area contributed by atoms with Crippen molar-refractivity contribution in [3.63, 3.8) is 0 Å². The van der Waals surface area contributed by atoms with Crippen molar-refractivity contribution in [2.75, 3.05) is 39.4 Å². The number of ether oxygens (including phenoxy) is 1. The number of aliphatic carboxylic acids is 1. The third-order valence-corrected chi connectivity index (χ3v) is 3.52. The van der Waals surface area contributed by atoms with Crippen molar-refractivity contribution >= 4 is 17.9 Å². The van der Waals surface area contributed by atoms with Gasteiger partial charge in [0.25, 0.3) is 0 Å². The zero-order chi connectivity index (χ0) is 14.5. The topological polar surface area (TPSA) is 99.2 Å². The number of likely N-dealkylation sites (tertiary alicyclic amines) is 1. The third kappa shape index (κ3) is 3.38. The Bertz CT molecular complexity index is 395. The number of carboxylic acids is 1. The molecule has 2 aliphatic rings. The van der Waals surface area contributed by atoms with E-state index >= 15 is 0 Å². The Labute approximate surface area is 116 Å². The standard InChI is InChI=1S/C12H19N3O5/c16-10(14-3-1-2-4-14)7-13-12(19)15-5-6-20-8-9(15)11(17)18/h9H,1-8H2,(H,13,19)(H,17,18). The predicted molar refractivity (Wildman–Crippen MR) is 68.2 cm³/mol. The van der Waals surface area contributed by atoms with Crippen molar-refractivity contribution in [3.05, 3.63) is 0 Å². The molecule has 2 N–H and O–H groups in total. The molecule has 0 radical (unpaired) electrons. The second-order valence-corrected chi connectivity index (χ2v) is 4.87.